The predicted molar refractivity (Wildman–Crippen MR) is 81.2 cm³/mol. The van der Waals surface area contributed by atoms with Gasteiger partial charge in [-0.2, -0.15) is 0 Å². The fraction of sp³-hybridized carbons (Fsp3) is 0.600. The van der Waals surface area contributed by atoms with Crippen LogP contribution >= 0.6 is 15.9 Å². The molecule has 0 aliphatic heterocycles. The summed E-state index contributed by atoms with van der Waals surface area (Å²) in [6, 6.07) is 6.59. The van der Waals surface area contributed by atoms with Gasteiger partial charge in [-0.05, 0) is 44.5 Å². The van der Waals surface area contributed by atoms with Crippen LogP contribution in [0.2, 0.25) is 0 Å². The number of ether oxygens (including phenoxy) is 1. The molecule has 0 bridgehead atoms. The third-order valence-corrected chi connectivity index (χ3v) is 3.82. The third-order valence-electron chi connectivity index (χ3n) is 3.33. The minimum Gasteiger partial charge on any atom is -0.494 e. The normalized spacial score (nSPS) is 14.3. The Morgan fingerprint density at radius 1 is 1.33 bits per heavy atom. The largest absolute Gasteiger partial charge is 0.494 e. The maximum absolute atomic E-state index is 5.73. The lowest BCUT2D eigenvalue weighted by atomic mass is 9.94. The summed E-state index contributed by atoms with van der Waals surface area (Å²) in [5.74, 6) is 1.69. The van der Waals surface area contributed by atoms with Crippen molar-refractivity contribution < 1.29 is 4.74 Å². The monoisotopic (exact) mass is 313 g/mol. The van der Waals surface area contributed by atoms with Gasteiger partial charge in [0.1, 0.15) is 5.75 Å². The van der Waals surface area contributed by atoms with E-state index in [1.165, 1.54) is 12.0 Å². The standard InChI is InChI=1S/C15H24BrNO/c1-5-11(3)9-14(17-4)13-10-12(16)7-8-15(13)18-6-2/h7-8,10-11,14,17H,5-6,9H2,1-4H3. The van der Waals surface area contributed by atoms with Gasteiger partial charge < -0.3 is 10.1 Å². The van der Waals surface area contributed by atoms with E-state index in [9.17, 15) is 0 Å². The van der Waals surface area contributed by atoms with Gasteiger partial charge in [-0.25, -0.2) is 0 Å². The molecule has 0 saturated carbocycles. The second-order valence-electron chi connectivity index (χ2n) is 4.71. The molecule has 0 spiro atoms. The molecule has 0 saturated heterocycles. The van der Waals surface area contributed by atoms with Crippen molar-refractivity contribution in [2.24, 2.45) is 5.92 Å². The number of benzene rings is 1. The highest BCUT2D eigenvalue weighted by molar-refractivity contribution is 9.10. The quantitative estimate of drug-likeness (QED) is 0.797. The Morgan fingerprint density at radius 3 is 2.61 bits per heavy atom. The van der Waals surface area contributed by atoms with E-state index in [1.807, 2.05) is 26.1 Å². The van der Waals surface area contributed by atoms with Crippen molar-refractivity contribution in [3.05, 3.63) is 28.2 Å². The molecule has 1 N–H and O–H groups in total. The van der Waals surface area contributed by atoms with Crippen molar-refractivity contribution in [3.63, 3.8) is 0 Å². The highest BCUT2D eigenvalue weighted by Gasteiger charge is 2.17. The summed E-state index contributed by atoms with van der Waals surface area (Å²) in [4.78, 5) is 0. The molecule has 0 amide bonds. The van der Waals surface area contributed by atoms with Gasteiger partial charge in [0.25, 0.3) is 0 Å². The lowest BCUT2D eigenvalue weighted by Gasteiger charge is -2.23. The van der Waals surface area contributed by atoms with Crippen molar-refractivity contribution in [2.45, 2.75) is 39.7 Å². The highest BCUT2D eigenvalue weighted by Crippen LogP contribution is 2.32. The Balaban J connectivity index is 2.98. The number of halogens is 1. The van der Waals surface area contributed by atoms with E-state index in [4.69, 9.17) is 4.74 Å². The minimum atomic E-state index is 0.346. The van der Waals surface area contributed by atoms with E-state index in [-0.39, 0.29) is 0 Å². The third kappa shape index (κ3) is 4.29. The summed E-state index contributed by atoms with van der Waals surface area (Å²) in [6.45, 7) is 7.26. The average molecular weight is 314 g/mol. The average Bonchev–Trinajstić information content (AvgIpc) is 2.38. The van der Waals surface area contributed by atoms with Crippen molar-refractivity contribution in [1.82, 2.24) is 5.32 Å². The van der Waals surface area contributed by atoms with Crippen molar-refractivity contribution >= 4 is 15.9 Å². The van der Waals surface area contributed by atoms with Crippen molar-refractivity contribution in [2.75, 3.05) is 13.7 Å². The van der Waals surface area contributed by atoms with Gasteiger partial charge >= 0.3 is 0 Å². The molecular formula is C15H24BrNO. The second-order valence-corrected chi connectivity index (χ2v) is 5.62. The van der Waals surface area contributed by atoms with Gasteiger partial charge in [0, 0.05) is 16.1 Å². The van der Waals surface area contributed by atoms with Crippen LogP contribution in [0, 0.1) is 5.92 Å². The van der Waals surface area contributed by atoms with E-state index in [0.29, 0.717) is 18.6 Å². The van der Waals surface area contributed by atoms with E-state index in [0.717, 1.165) is 16.6 Å². The summed E-state index contributed by atoms with van der Waals surface area (Å²) in [7, 11) is 2.02. The van der Waals surface area contributed by atoms with Crippen molar-refractivity contribution in [1.29, 1.82) is 0 Å². The Bertz CT molecular complexity index is 368. The van der Waals surface area contributed by atoms with Crippen molar-refractivity contribution in [3.8, 4) is 5.75 Å². The zero-order valence-corrected chi connectivity index (χ0v) is 13.4. The zero-order valence-electron chi connectivity index (χ0n) is 11.8. The molecule has 0 radical (unpaired) electrons. The molecule has 18 heavy (non-hydrogen) atoms. The van der Waals surface area contributed by atoms with Crippen LogP contribution in [0.3, 0.4) is 0 Å². The zero-order chi connectivity index (χ0) is 13.5. The minimum absolute atomic E-state index is 0.346. The maximum Gasteiger partial charge on any atom is 0.124 e. The summed E-state index contributed by atoms with van der Waals surface area (Å²) in [6.07, 6.45) is 2.33. The Labute approximate surface area is 119 Å². The molecule has 0 aromatic heterocycles. The maximum atomic E-state index is 5.73. The molecule has 1 aromatic carbocycles. The first kappa shape index (κ1) is 15.5. The Hall–Kier alpha value is -0.540. The number of nitrogens with one attached hydrogen (secondary N) is 1. The van der Waals surface area contributed by atoms with Crippen LogP contribution in [-0.2, 0) is 0 Å². The van der Waals surface area contributed by atoms with Gasteiger partial charge in [-0.3, -0.25) is 0 Å². The van der Waals surface area contributed by atoms with E-state index >= 15 is 0 Å². The van der Waals surface area contributed by atoms with Crippen LogP contribution < -0.4 is 10.1 Å². The lowest BCUT2D eigenvalue weighted by Crippen LogP contribution is -2.20. The fourth-order valence-electron chi connectivity index (χ4n) is 2.05. The predicted octanol–water partition coefficient (Wildman–Crippen LogP) is 4.54. The van der Waals surface area contributed by atoms with Crippen LogP contribution in [0.4, 0.5) is 0 Å². The van der Waals surface area contributed by atoms with E-state index in [1.54, 1.807) is 0 Å². The van der Waals surface area contributed by atoms with Gasteiger partial charge in [0.15, 0.2) is 0 Å². The first-order valence-electron chi connectivity index (χ1n) is 6.71. The Morgan fingerprint density at radius 2 is 2.06 bits per heavy atom. The summed E-state index contributed by atoms with van der Waals surface area (Å²) in [5.41, 5.74) is 1.24. The first-order chi connectivity index (χ1) is 8.62. The molecule has 0 aliphatic carbocycles. The fourth-order valence-corrected chi connectivity index (χ4v) is 2.43. The molecular weight excluding hydrogens is 290 g/mol. The summed E-state index contributed by atoms with van der Waals surface area (Å²) in [5, 5.41) is 3.41. The van der Waals surface area contributed by atoms with Gasteiger partial charge in [-0.1, -0.05) is 36.2 Å². The number of hydrogen-bond donors (Lipinski definition) is 1. The number of rotatable bonds is 7. The Kier molecular flexibility index (Phi) is 6.72. The molecule has 3 heteroatoms. The molecule has 1 rings (SSSR count). The van der Waals surface area contributed by atoms with Crippen LogP contribution in [0.1, 0.15) is 45.2 Å². The smallest absolute Gasteiger partial charge is 0.124 e. The lowest BCUT2D eigenvalue weighted by molar-refractivity contribution is 0.326. The SMILES string of the molecule is CCOc1ccc(Br)cc1C(CC(C)CC)NC. The first-order valence-corrected chi connectivity index (χ1v) is 7.51. The topological polar surface area (TPSA) is 21.3 Å². The van der Waals surface area contributed by atoms with E-state index in [2.05, 4.69) is 41.2 Å². The van der Waals surface area contributed by atoms with Gasteiger partial charge in [0.2, 0.25) is 0 Å². The summed E-state index contributed by atoms with van der Waals surface area (Å²) >= 11 is 3.54. The molecule has 0 fully saturated rings. The molecule has 2 nitrogen and oxygen atoms in total. The molecule has 2 atom stereocenters. The number of hydrogen-bond acceptors (Lipinski definition) is 2. The molecule has 2 unspecified atom stereocenters. The van der Waals surface area contributed by atoms with Gasteiger partial charge in [-0.15, -0.1) is 0 Å². The van der Waals surface area contributed by atoms with Gasteiger partial charge in [0.05, 0.1) is 6.61 Å². The summed E-state index contributed by atoms with van der Waals surface area (Å²) < 4.78 is 6.83. The van der Waals surface area contributed by atoms with Crippen LogP contribution in [0.5, 0.6) is 5.75 Å². The van der Waals surface area contributed by atoms with Crippen LogP contribution in [-0.4, -0.2) is 13.7 Å². The van der Waals surface area contributed by atoms with Crippen LogP contribution in [0.15, 0.2) is 22.7 Å². The molecule has 0 aliphatic rings. The van der Waals surface area contributed by atoms with E-state index < -0.39 is 0 Å². The molecule has 102 valence electrons. The molecule has 1 aromatic rings. The van der Waals surface area contributed by atoms with Crippen LogP contribution in [0.25, 0.3) is 0 Å². The highest BCUT2D eigenvalue weighted by atomic mass is 79.9. The second kappa shape index (κ2) is 7.80. The molecule has 0 heterocycles.